The molecule has 1 rings (SSSR count). The fourth-order valence-electron chi connectivity index (χ4n) is 1.23. The number of rotatable bonds is 3. The summed E-state index contributed by atoms with van der Waals surface area (Å²) in [4.78, 5) is 13.2. The van der Waals surface area contributed by atoms with Gasteiger partial charge in [0, 0.05) is 31.2 Å². The first-order chi connectivity index (χ1) is 7.06. The second-order valence-electron chi connectivity index (χ2n) is 3.44. The molecule has 0 aliphatic carbocycles. The van der Waals surface area contributed by atoms with Crippen LogP contribution in [0.2, 0.25) is 0 Å². The number of carbonyl (C=O) groups excluding carboxylic acids is 1. The lowest BCUT2D eigenvalue weighted by molar-refractivity contribution is 0.0827. The molecule has 0 saturated heterocycles. The molecular formula is C11H14BrNO2. The molecule has 82 valence electrons. The van der Waals surface area contributed by atoms with Crippen LogP contribution >= 0.6 is 15.9 Å². The van der Waals surface area contributed by atoms with Crippen molar-refractivity contribution < 1.29 is 9.53 Å². The van der Waals surface area contributed by atoms with Crippen LogP contribution in [0.15, 0.2) is 22.7 Å². The number of carbonyl (C=O) groups is 1. The fraction of sp³-hybridized carbons (Fsp3) is 0.364. The first-order valence-corrected chi connectivity index (χ1v) is 5.34. The normalized spacial score (nSPS) is 10.1. The van der Waals surface area contributed by atoms with Crippen molar-refractivity contribution in [2.45, 2.75) is 6.61 Å². The molecule has 4 heteroatoms. The van der Waals surface area contributed by atoms with E-state index < -0.39 is 0 Å². The Morgan fingerprint density at radius 2 is 2.13 bits per heavy atom. The van der Waals surface area contributed by atoms with E-state index in [-0.39, 0.29) is 5.91 Å². The lowest BCUT2D eigenvalue weighted by Gasteiger charge is -2.12. The van der Waals surface area contributed by atoms with Gasteiger partial charge in [0.1, 0.15) is 0 Å². The highest BCUT2D eigenvalue weighted by Gasteiger charge is 2.09. The molecule has 0 heterocycles. The molecule has 1 amide bonds. The Balaban J connectivity index is 3.01. The highest BCUT2D eigenvalue weighted by atomic mass is 79.9. The predicted octanol–water partition coefficient (Wildman–Crippen LogP) is 2.30. The summed E-state index contributed by atoms with van der Waals surface area (Å²) in [5.74, 6) is -0.000136. The monoisotopic (exact) mass is 271 g/mol. The molecule has 0 radical (unpaired) electrons. The van der Waals surface area contributed by atoms with Crippen LogP contribution in [0.3, 0.4) is 0 Å². The van der Waals surface area contributed by atoms with E-state index in [2.05, 4.69) is 15.9 Å². The minimum absolute atomic E-state index is 0.000136. The van der Waals surface area contributed by atoms with Crippen LogP contribution in [0.4, 0.5) is 0 Å². The first-order valence-electron chi connectivity index (χ1n) is 4.55. The summed E-state index contributed by atoms with van der Waals surface area (Å²) >= 11 is 3.41. The zero-order valence-electron chi connectivity index (χ0n) is 9.08. The topological polar surface area (TPSA) is 29.5 Å². The van der Waals surface area contributed by atoms with Gasteiger partial charge in [-0.1, -0.05) is 15.9 Å². The standard InChI is InChI=1S/C11H14BrNO2/c1-13(2)11(14)8-4-5-10(12)9(6-8)7-15-3/h4-6H,7H2,1-3H3. The molecule has 3 nitrogen and oxygen atoms in total. The van der Waals surface area contributed by atoms with Crippen molar-refractivity contribution in [3.05, 3.63) is 33.8 Å². The van der Waals surface area contributed by atoms with Gasteiger partial charge in [0.25, 0.3) is 5.91 Å². The van der Waals surface area contributed by atoms with Crippen LogP contribution in [-0.2, 0) is 11.3 Å². The van der Waals surface area contributed by atoms with Gasteiger partial charge in [0.05, 0.1) is 6.61 Å². The molecular weight excluding hydrogens is 258 g/mol. The van der Waals surface area contributed by atoms with Crippen molar-refractivity contribution in [2.75, 3.05) is 21.2 Å². The Morgan fingerprint density at radius 3 is 2.67 bits per heavy atom. The summed E-state index contributed by atoms with van der Waals surface area (Å²) in [6.45, 7) is 0.495. The van der Waals surface area contributed by atoms with Crippen LogP contribution in [-0.4, -0.2) is 32.0 Å². The number of nitrogens with zero attached hydrogens (tertiary/aromatic N) is 1. The molecule has 0 aromatic heterocycles. The van der Waals surface area contributed by atoms with E-state index in [1.807, 2.05) is 12.1 Å². The van der Waals surface area contributed by atoms with Gasteiger partial charge in [-0.05, 0) is 23.8 Å². The largest absolute Gasteiger partial charge is 0.380 e. The van der Waals surface area contributed by atoms with Gasteiger partial charge in [-0.25, -0.2) is 0 Å². The van der Waals surface area contributed by atoms with Gasteiger partial charge in [-0.15, -0.1) is 0 Å². The first kappa shape index (κ1) is 12.2. The second kappa shape index (κ2) is 5.28. The Kier molecular flexibility index (Phi) is 4.29. The zero-order valence-corrected chi connectivity index (χ0v) is 10.7. The third kappa shape index (κ3) is 3.04. The van der Waals surface area contributed by atoms with Gasteiger partial charge < -0.3 is 9.64 Å². The van der Waals surface area contributed by atoms with Crippen molar-refractivity contribution in [1.29, 1.82) is 0 Å². The minimum atomic E-state index is -0.000136. The van der Waals surface area contributed by atoms with E-state index in [0.29, 0.717) is 12.2 Å². The molecule has 0 bridgehead atoms. The van der Waals surface area contributed by atoms with Gasteiger partial charge >= 0.3 is 0 Å². The van der Waals surface area contributed by atoms with Crippen LogP contribution in [0, 0.1) is 0 Å². The van der Waals surface area contributed by atoms with Crippen LogP contribution in [0.5, 0.6) is 0 Å². The zero-order chi connectivity index (χ0) is 11.4. The Hall–Kier alpha value is -0.870. The maximum Gasteiger partial charge on any atom is 0.253 e. The molecule has 0 spiro atoms. The highest BCUT2D eigenvalue weighted by Crippen LogP contribution is 2.19. The van der Waals surface area contributed by atoms with Crippen molar-refractivity contribution in [3.8, 4) is 0 Å². The molecule has 0 aliphatic heterocycles. The SMILES string of the molecule is COCc1cc(C(=O)N(C)C)ccc1Br. The van der Waals surface area contributed by atoms with Crippen LogP contribution in [0.1, 0.15) is 15.9 Å². The summed E-state index contributed by atoms with van der Waals surface area (Å²) in [6, 6.07) is 5.51. The molecule has 0 saturated carbocycles. The Labute approximate surface area is 98.2 Å². The number of amides is 1. The maximum absolute atomic E-state index is 11.7. The lowest BCUT2D eigenvalue weighted by Crippen LogP contribution is -2.21. The number of methoxy groups -OCH3 is 1. The maximum atomic E-state index is 11.7. The molecule has 0 unspecified atom stereocenters. The van der Waals surface area contributed by atoms with Gasteiger partial charge in [-0.2, -0.15) is 0 Å². The summed E-state index contributed by atoms with van der Waals surface area (Å²) < 4.78 is 6.01. The van der Waals surface area contributed by atoms with E-state index in [1.165, 1.54) is 0 Å². The summed E-state index contributed by atoms with van der Waals surface area (Å²) in [5.41, 5.74) is 1.65. The van der Waals surface area contributed by atoms with Crippen LogP contribution in [0.25, 0.3) is 0 Å². The van der Waals surface area contributed by atoms with Gasteiger partial charge in [0.2, 0.25) is 0 Å². The number of hydrogen-bond acceptors (Lipinski definition) is 2. The summed E-state index contributed by atoms with van der Waals surface area (Å²) in [5, 5.41) is 0. The van der Waals surface area contributed by atoms with E-state index >= 15 is 0 Å². The Morgan fingerprint density at radius 1 is 1.47 bits per heavy atom. The van der Waals surface area contributed by atoms with E-state index in [1.54, 1.807) is 32.2 Å². The van der Waals surface area contributed by atoms with Crippen molar-refractivity contribution in [1.82, 2.24) is 4.90 Å². The second-order valence-corrected chi connectivity index (χ2v) is 4.29. The van der Waals surface area contributed by atoms with Gasteiger partial charge in [-0.3, -0.25) is 4.79 Å². The van der Waals surface area contributed by atoms with E-state index in [4.69, 9.17) is 4.74 Å². The van der Waals surface area contributed by atoms with Crippen molar-refractivity contribution in [2.24, 2.45) is 0 Å². The molecule has 0 atom stereocenters. The van der Waals surface area contributed by atoms with Crippen molar-refractivity contribution >= 4 is 21.8 Å². The molecule has 0 aliphatic rings. The average molecular weight is 272 g/mol. The predicted molar refractivity (Wildman–Crippen MR) is 62.9 cm³/mol. The Bertz CT molecular complexity index is 364. The molecule has 15 heavy (non-hydrogen) atoms. The minimum Gasteiger partial charge on any atom is -0.380 e. The molecule has 1 aromatic carbocycles. The third-order valence-corrected chi connectivity index (χ3v) is 2.77. The molecule has 1 aromatic rings. The number of halogens is 1. The van der Waals surface area contributed by atoms with Crippen molar-refractivity contribution in [3.63, 3.8) is 0 Å². The quantitative estimate of drug-likeness (QED) is 0.845. The number of benzene rings is 1. The third-order valence-electron chi connectivity index (χ3n) is 2.00. The molecule has 0 fully saturated rings. The fourth-order valence-corrected chi connectivity index (χ4v) is 1.59. The highest BCUT2D eigenvalue weighted by molar-refractivity contribution is 9.10. The van der Waals surface area contributed by atoms with Crippen LogP contribution < -0.4 is 0 Å². The summed E-state index contributed by atoms with van der Waals surface area (Å²) in [6.07, 6.45) is 0. The lowest BCUT2D eigenvalue weighted by atomic mass is 10.1. The van der Waals surface area contributed by atoms with E-state index in [0.717, 1.165) is 10.0 Å². The smallest absolute Gasteiger partial charge is 0.253 e. The number of hydrogen-bond donors (Lipinski definition) is 0. The van der Waals surface area contributed by atoms with E-state index in [9.17, 15) is 4.79 Å². The van der Waals surface area contributed by atoms with Gasteiger partial charge in [0.15, 0.2) is 0 Å². The molecule has 0 N–H and O–H groups in total. The average Bonchev–Trinajstić information content (AvgIpc) is 2.20. The summed E-state index contributed by atoms with van der Waals surface area (Å²) in [7, 11) is 5.10. The number of ether oxygens (including phenoxy) is 1.